The number of ether oxygens (including phenoxy) is 1. The van der Waals surface area contributed by atoms with Gasteiger partial charge in [-0.1, -0.05) is 52.3 Å². The molecule has 0 atom stereocenters. The lowest BCUT2D eigenvalue weighted by Crippen LogP contribution is -3.11. The minimum atomic E-state index is -2.07. The summed E-state index contributed by atoms with van der Waals surface area (Å²) in [4.78, 5) is 19.7. The zero-order valence-corrected chi connectivity index (χ0v) is 22.3. The van der Waals surface area contributed by atoms with E-state index in [0.29, 0.717) is 12.5 Å². The number of halogens is 3. The summed E-state index contributed by atoms with van der Waals surface area (Å²) >= 11 is 3.50. The molecule has 0 radical (unpaired) electrons. The predicted molar refractivity (Wildman–Crippen MR) is 139 cm³/mol. The molecule has 0 spiro atoms. The molecule has 202 valence electrons. The highest BCUT2D eigenvalue weighted by Gasteiger charge is 2.23. The van der Waals surface area contributed by atoms with Crippen molar-refractivity contribution in [2.24, 2.45) is 5.92 Å². The third-order valence-electron chi connectivity index (χ3n) is 6.51. The summed E-state index contributed by atoms with van der Waals surface area (Å²) in [5.41, 5.74) is 3.14. The first-order valence-electron chi connectivity index (χ1n) is 12.4. The Bertz CT molecular complexity index is 1110. The number of carboxylic acids is 2. The van der Waals surface area contributed by atoms with Gasteiger partial charge in [0.05, 0.1) is 13.1 Å². The van der Waals surface area contributed by atoms with E-state index in [-0.39, 0.29) is 17.7 Å². The summed E-state index contributed by atoms with van der Waals surface area (Å²) in [6, 6.07) is 21.4. The highest BCUT2D eigenvalue weighted by molar-refractivity contribution is 9.10. The third kappa shape index (κ3) is 9.63. The highest BCUT2D eigenvalue weighted by Crippen LogP contribution is 2.28. The van der Waals surface area contributed by atoms with Gasteiger partial charge in [0.2, 0.25) is 0 Å². The Morgan fingerprint density at radius 1 is 0.921 bits per heavy atom. The molecule has 1 saturated heterocycles. The fourth-order valence-corrected chi connectivity index (χ4v) is 4.72. The molecule has 1 fully saturated rings. The first-order valence-corrected chi connectivity index (χ1v) is 13.2. The number of rotatable bonds is 8. The Morgan fingerprint density at radius 2 is 1.39 bits per heavy atom. The average molecular weight is 590 g/mol. The molecule has 0 saturated carbocycles. The minimum Gasteiger partial charge on any atom is -0.539 e. The molecule has 6 nitrogen and oxygen atoms in total. The van der Waals surface area contributed by atoms with E-state index in [4.69, 9.17) is 24.5 Å². The minimum absolute atomic E-state index is 0.274. The van der Waals surface area contributed by atoms with E-state index in [2.05, 4.69) is 40.2 Å². The van der Waals surface area contributed by atoms with Crippen molar-refractivity contribution in [2.75, 3.05) is 19.7 Å². The van der Waals surface area contributed by atoms with Crippen LogP contribution >= 0.6 is 15.9 Å². The van der Waals surface area contributed by atoms with Crippen LogP contribution in [0.3, 0.4) is 0 Å². The topological polar surface area (TPSA) is 91.1 Å². The van der Waals surface area contributed by atoms with Crippen LogP contribution in [-0.4, -0.2) is 36.7 Å². The second-order valence-electron chi connectivity index (χ2n) is 9.23. The summed E-state index contributed by atoms with van der Waals surface area (Å²) in [6.45, 7) is 4.07. The van der Waals surface area contributed by atoms with Crippen LogP contribution in [0.15, 0.2) is 77.3 Å². The standard InChI is InChI=1S/C27H28BrF2NO.C2H2O4/c28-24-7-1-21(2-8-24)19-31-16-13-20(14-17-31)15-18-32-27(22-3-9-25(29)10-4-22)23-5-11-26(30)12-6-23;3-1(4)2(5)6/h1-12,20,27H,13-19H2;(H,3,4)(H,5,6). The number of piperidine rings is 1. The van der Waals surface area contributed by atoms with Gasteiger partial charge in [0.15, 0.2) is 5.97 Å². The number of hydrogen-bond donors (Lipinski definition) is 2. The van der Waals surface area contributed by atoms with Gasteiger partial charge in [-0.05, 0) is 72.7 Å². The normalized spacial score (nSPS) is 16.9. The second-order valence-corrected chi connectivity index (χ2v) is 10.1. The van der Waals surface area contributed by atoms with Gasteiger partial charge < -0.3 is 24.6 Å². The van der Waals surface area contributed by atoms with E-state index in [9.17, 15) is 8.78 Å². The highest BCUT2D eigenvalue weighted by atomic mass is 79.9. The van der Waals surface area contributed by atoms with Gasteiger partial charge in [-0.2, -0.15) is 0 Å². The smallest absolute Gasteiger partial charge is 0.351 e. The van der Waals surface area contributed by atoms with Gasteiger partial charge in [0.1, 0.15) is 24.3 Å². The van der Waals surface area contributed by atoms with Crippen LogP contribution in [0.2, 0.25) is 0 Å². The van der Waals surface area contributed by atoms with Crippen LogP contribution in [0.1, 0.15) is 42.1 Å². The van der Waals surface area contributed by atoms with E-state index in [1.807, 2.05) is 0 Å². The summed E-state index contributed by atoms with van der Waals surface area (Å²) in [5, 5.41) is 16.3. The second kappa shape index (κ2) is 14.7. The van der Waals surface area contributed by atoms with Crippen molar-refractivity contribution >= 4 is 27.9 Å². The molecule has 0 aromatic heterocycles. The molecule has 2 N–H and O–H groups in total. The number of carbonyl (C=O) groups is 2. The Morgan fingerprint density at radius 3 is 1.84 bits per heavy atom. The molecule has 0 amide bonds. The Hall–Kier alpha value is -3.14. The van der Waals surface area contributed by atoms with Crippen LogP contribution in [0.5, 0.6) is 0 Å². The van der Waals surface area contributed by atoms with Crippen LogP contribution in [0.25, 0.3) is 0 Å². The maximum absolute atomic E-state index is 13.4. The zero-order valence-electron chi connectivity index (χ0n) is 20.7. The lowest BCUT2D eigenvalue weighted by atomic mass is 9.93. The first kappa shape index (κ1) is 29.4. The third-order valence-corrected chi connectivity index (χ3v) is 7.04. The fourth-order valence-electron chi connectivity index (χ4n) is 4.45. The maximum atomic E-state index is 13.4. The largest absolute Gasteiger partial charge is 0.539 e. The van der Waals surface area contributed by atoms with Gasteiger partial charge in [-0.15, -0.1) is 0 Å². The number of likely N-dealkylation sites (tertiary alicyclic amines) is 1. The van der Waals surface area contributed by atoms with Crippen molar-refractivity contribution in [3.63, 3.8) is 0 Å². The van der Waals surface area contributed by atoms with Crippen LogP contribution in [0, 0.1) is 17.6 Å². The predicted octanol–water partition coefficient (Wildman–Crippen LogP) is 3.54. The van der Waals surface area contributed by atoms with Crippen molar-refractivity contribution in [3.05, 3.63) is 106 Å². The lowest BCUT2D eigenvalue weighted by Gasteiger charge is -2.30. The Kier molecular flexibility index (Phi) is 11.4. The molecular weight excluding hydrogens is 560 g/mol. The molecule has 0 bridgehead atoms. The molecule has 1 heterocycles. The van der Waals surface area contributed by atoms with E-state index in [0.717, 1.165) is 28.6 Å². The molecule has 3 aromatic rings. The van der Waals surface area contributed by atoms with Gasteiger partial charge in [-0.25, -0.2) is 13.6 Å². The number of carboxylic acid groups (broad SMARTS) is 2. The van der Waals surface area contributed by atoms with Crippen LogP contribution in [-0.2, 0) is 20.9 Å². The quantitative estimate of drug-likeness (QED) is 0.392. The molecule has 4 rings (SSSR count). The summed E-state index contributed by atoms with van der Waals surface area (Å²) in [5.74, 6) is -3.90. The zero-order chi connectivity index (χ0) is 27.5. The molecule has 38 heavy (non-hydrogen) atoms. The van der Waals surface area contributed by atoms with Crippen LogP contribution < -0.4 is 10.0 Å². The number of benzene rings is 3. The van der Waals surface area contributed by atoms with Gasteiger partial charge >= 0.3 is 5.97 Å². The van der Waals surface area contributed by atoms with E-state index < -0.39 is 11.9 Å². The van der Waals surface area contributed by atoms with Gasteiger partial charge in [-0.3, -0.25) is 0 Å². The lowest BCUT2D eigenvalue weighted by molar-refractivity contribution is -0.919. The van der Waals surface area contributed by atoms with Crippen molar-refractivity contribution in [1.82, 2.24) is 0 Å². The molecular formula is C29H30BrF2NO5. The van der Waals surface area contributed by atoms with Crippen molar-refractivity contribution in [1.29, 1.82) is 0 Å². The average Bonchev–Trinajstić information content (AvgIpc) is 2.91. The number of aliphatic carboxylic acids is 2. The van der Waals surface area contributed by atoms with Crippen LogP contribution in [0.4, 0.5) is 8.78 Å². The number of carbonyl (C=O) groups excluding carboxylic acids is 1. The van der Waals surface area contributed by atoms with E-state index in [1.54, 1.807) is 29.2 Å². The molecule has 3 aromatic carbocycles. The van der Waals surface area contributed by atoms with Crippen molar-refractivity contribution < 1.29 is 38.2 Å². The molecule has 1 aliphatic heterocycles. The SMILES string of the molecule is Fc1ccc(C(OCCC2CC[NH+](Cc3ccc(Br)cc3)CC2)c2ccc(F)cc2)cc1.O=C([O-])C(=O)O. The van der Waals surface area contributed by atoms with Gasteiger partial charge in [0, 0.05) is 16.6 Å². The monoisotopic (exact) mass is 589 g/mol. The Labute approximate surface area is 229 Å². The molecule has 9 heteroatoms. The van der Waals surface area contributed by atoms with Gasteiger partial charge in [0.25, 0.3) is 0 Å². The van der Waals surface area contributed by atoms with Crippen molar-refractivity contribution in [2.45, 2.75) is 31.9 Å². The number of quaternary nitrogens is 1. The first-order chi connectivity index (χ1) is 18.2. The number of nitrogens with one attached hydrogen (secondary N) is 1. The molecule has 0 aliphatic carbocycles. The Balaban J connectivity index is 0.000000599. The van der Waals surface area contributed by atoms with Crippen molar-refractivity contribution in [3.8, 4) is 0 Å². The number of hydrogen-bond acceptors (Lipinski definition) is 4. The van der Waals surface area contributed by atoms with E-state index in [1.165, 1.54) is 55.8 Å². The molecule has 1 aliphatic rings. The summed E-state index contributed by atoms with van der Waals surface area (Å²) in [6.07, 6.45) is 3.09. The van der Waals surface area contributed by atoms with E-state index >= 15 is 0 Å². The fraction of sp³-hybridized carbons (Fsp3) is 0.310. The summed E-state index contributed by atoms with van der Waals surface area (Å²) < 4.78 is 34.2. The maximum Gasteiger partial charge on any atom is 0.351 e. The molecule has 0 unspecified atom stereocenters. The summed E-state index contributed by atoms with van der Waals surface area (Å²) in [7, 11) is 0.